The van der Waals surface area contributed by atoms with Gasteiger partial charge in [0, 0.05) is 15.0 Å². The maximum Gasteiger partial charge on any atom is 0.260 e. The van der Waals surface area contributed by atoms with Gasteiger partial charge in [0.1, 0.15) is 4.83 Å². The molecule has 0 spiro atoms. The van der Waals surface area contributed by atoms with Gasteiger partial charge in [-0.15, -0.1) is 11.3 Å². The maximum absolute atomic E-state index is 12.5. The lowest BCUT2D eigenvalue weighted by atomic mass is 9.97. The van der Waals surface area contributed by atoms with Gasteiger partial charge >= 0.3 is 0 Å². The zero-order valence-corrected chi connectivity index (χ0v) is 17.0. The third-order valence-corrected chi connectivity index (χ3v) is 6.80. The molecule has 0 unspecified atom stereocenters. The number of nitrogens with one attached hydrogen (secondary N) is 2. The van der Waals surface area contributed by atoms with Crippen molar-refractivity contribution in [2.24, 2.45) is 0 Å². The second-order valence-corrected chi connectivity index (χ2v) is 9.07. The fraction of sp³-hybridized carbons (Fsp3) is 0.278. The van der Waals surface area contributed by atoms with Crippen LogP contribution in [0.5, 0.6) is 0 Å². The van der Waals surface area contributed by atoms with Gasteiger partial charge in [0.05, 0.1) is 11.1 Å². The number of aryl methyl sites for hydroxylation is 2. The first-order chi connectivity index (χ1) is 12.6. The molecule has 1 aliphatic carbocycles. The second-order valence-electron chi connectivity index (χ2n) is 6.11. The van der Waals surface area contributed by atoms with Crippen molar-refractivity contribution in [3.8, 4) is 0 Å². The SMILES string of the molecule is O=C(CSc1nc2sc3c(c2c(=O)[nH]1)CCCC3)Nc1cccc(Br)c1. The number of rotatable bonds is 4. The predicted octanol–water partition coefficient (Wildman–Crippen LogP) is 4.36. The van der Waals surface area contributed by atoms with Crippen LogP contribution in [-0.4, -0.2) is 21.6 Å². The number of aromatic nitrogens is 2. The van der Waals surface area contributed by atoms with E-state index in [9.17, 15) is 9.59 Å². The molecule has 8 heteroatoms. The fourth-order valence-electron chi connectivity index (χ4n) is 3.11. The highest BCUT2D eigenvalue weighted by Gasteiger charge is 2.20. The Hall–Kier alpha value is -1.64. The number of hydrogen-bond donors (Lipinski definition) is 2. The van der Waals surface area contributed by atoms with E-state index < -0.39 is 0 Å². The number of thiophene rings is 1. The monoisotopic (exact) mass is 449 g/mol. The van der Waals surface area contributed by atoms with Gasteiger partial charge in [0.15, 0.2) is 5.16 Å². The standard InChI is InChI=1S/C18H16BrN3O2S2/c19-10-4-3-5-11(8-10)20-14(23)9-25-18-21-16(24)15-12-6-1-2-7-13(12)26-17(15)22-18/h3-5,8H,1-2,6-7,9H2,(H,20,23)(H,21,22,24). The summed E-state index contributed by atoms with van der Waals surface area (Å²) in [5.74, 6) is 0.0489. The number of aromatic amines is 1. The van der Waals surface area contributed by atoms with E-state index in [1.165, 1.54) is 28.6 Å². The van der Waals surface area contributed by atoms with Crippen LogP contribution in [-0.2, 0) is 17.6 Å². The van der Waals surface area contributed by atoms with Crippen LogP contribution in [0.4, 0.5) is 5.69 Å². The highest BCUT2D eigenvalue weighted by Crippen LogP contribution is 2.34. The zero-order valence-electron chi connectivity index (χ0n) is 13.8. The van der Waals surface area contributed by atoms with Crippen molar-refractivity contribution in [1.82, 2.24) is 9.97 Å². The van der Waals surface area contributed by atoms with Crippen molar-refractivity contribution in [1.29, 1.82) is 0 Å². The van der Waals surface area contributed by atoms with Gasteiger partial charge < -0.3 is 10.3 Å². The van der Waals surface area contributed by atoms with Crippen LogP contribution in [0.1, 0.15) is 23.3 Å². The van der Waals surface area contributed by atoms with Crippen LogP contribution in [0, 0.1) is 0 Å². The summed E-state index contributed by atoms with van der Waals surface area (Å²) in [5, 5.41) is 4.07. The Morgan fingerprint density at radius 3 is 3.04 bits per heavy atom. The van der Waals surface area contributed by atoms with Crippen molar-refractivity contribution in [2.45, 2.75) is 30.8 Å². The van der Waals surface area contributed by atoms with Crippen LogP contribution in [0.2, 0.25) is 0 Å². The van der Waals surface area contributed by atoms with Crippen molar-refractivity contribution >= 4 is 60.8 Å². The molecule has 0 saturated heterocycles. The Morgan fingerprint density at radius 1 is 1.35 bits per heavy atom. The van der Waals surface area contributed by atoms with Gasteiger partial charge in [-0.05, 0) is 49.4 Å². The number of carbonyl (C=O) groups is 1. The molecule has 5 nitrogen and oxygen atoms in total. The van der Waals surface area contributed by atoms with Gasteiger partial charge in [-0.1, -0.05) is 33.8 Å². The molecule has 26 heavy (non-hydrogen) atoms. The number of anilines is 1. The van der Waals surface area contributed by atoms with E-state index in [0.29, 0.717) is 5.16 Å². The topological polar surface area (TPSA) is 74.8 Å². The third-order valence-electron chi connectivity index (χ3n) is 4.25. The second kappa shape index (κ2) is 7.54. The number of halogens is 1. The lowest BCUT2D eigenvalue weighted by Crippen LogP contribution is -2.15. The summed E-state index contributed by atoms with van der Waals surface area (Å²) in [6, 6.07) is 7.42. The summed E-state index contributed by atoms with van der Waals surface area (Å²) in [6.45, 7) is 0. The predicted molar refractivity (Wildman–Crippen MR) is 110 cm³/mol. The largest absolute Gasteiger partial charge is 0.325 e. The van der Waals surface area contributed by atoms with E-state index in [-0.39, 0.29) is 17.2 Å². The summed E-state index contributed by atoms with van der Waals surface area (Å²) in [7, 11) is 0. The highest BCUT2D eigenvalue weighted by molar-refractivity contribution is 9.10. The number of fused-ring (bicyclic) bond motifs is 3. The molecule has 1 amide bonds. The average molecular weight is 450 g/mol. The average Bonchev–Trinajstić information content (AvgIpc) is 2.99. The molecule has 0 aliphatic heterocycles. The lowest BCUT2D eigenvalue weighted by molar-refractivity contribution is -0.113. The minimum absolute atomic E-state index is 0.0932. The molecule has 0 atom stereocenters. The number of carbonyl (C=O) groups excluding carboxylic acids is 1. The number of amides is 1. The quantitative estimate of drug-likeness (QED) is 0.458. The van der Waals surface area contributed by atoms with E-state index >= 15 is 0 Å². The molecule has 3 aromatic rings. The molecule has 0 radical (unpaired) electrons. The lowest BCUT2D eigenvalue weighted by Gasteiger charge is -2.09. The van der Waals surface area contributed by atoms with E-state index in [0.717, 1.165) is 39.6 Å². The van der Waals surface area contributed by atoms with E-state index in [4.69, 9.17) is 0 Å². The highest BCUT2D eigenvalue weighted by atomic mass is 79.9. The Bertz CT molecular complexity index is 1040. The van der Waals surface area contributed by atoms with E-state index in [1.54, 1.807) is 11.3 Å². The molecule has 1 aliphatic rings. The Morgan fingerprint density at radius 2 is 2.19 bits per heavy atom. The number of H-pyrrole nitrogens is 1. The van der Waals surface area contributed by atoms with E-state index in [1.807, 2.05) is 24.3 Å². The molecular formula is C18H16BrN3O2S2. The first-order valence-electron chi connectivity index (χ1n) is 8.33. The van der Waals surface area contributed by atoms with Gasteiger partial charge in [-0.25, -0.2) is 4.98 Å². The van der Waals surface area contributed by atoms with Gasteiger partial charge in [-0.2, -0.15) is 0 Å². The first-order valence-corrected chi connectivity index (χ1v) is 10.9. The minimum atomic E-state index is -0.138. The van der Waals surface area contributed by atoms with Crippen molar-refractivity contribution in [3.63, 3.8) is 0 Å². The summed E-state index contributed by atoms with van der Waals surface area (Å²) in [4.78, 5) is 34.1. The number of hydrogen-bond acceptors (Lipinski definition) is 5. The van der Waals surface area contributed by atoms with Crippen LogP contribution < -0.4 is 10.9 Å². The van der Waals surface area contributed by atoms with Crippen LogP contribution in [0.25, 0.3) is 10.2 Å². The smallest absolute Gasteiger partial charge is 0.260 e. The molecule has 0 bridgehead atoms. The molecule has 1 aromatic carbocycles. The maximum atomic E-state index is 12.5. The molecule has 2 heterocycles. The Balaban J connectivity index is 1.49. The zero-order chi connectivity index (χ0) is 18.1. The van der Waals surface area contributed by atoms with Gasteiger partial charge in [0.2, 0.25) is 5.91 Å². The number of benzene rings is 1. The molecular weight excluding hydrogens is 434 g/mol. The van der Waals surface area contributed by atoms with Crippen molar-refractivity contribution < 1.29 is 4.79 Å². The normalized spacial score (nSPS) is 13.6. The van der Waals surface area contributed by atoms with Gasteiger partial charge in [-0.3, -0.25) is 9.59 Å². The molecule has 2 aromatic heterocycles. The van der Waals surface area contributed by atoms with Crippen LogP contribution in [0.15, 0.2) is 38.7 Å². The van der Waals surface area contributed by atoms with Crippen molar-refractivity contribution in [2.75, 3.05) is 11.1 Å². The van der Waals surface area contributed by atoms with E-state index in [2.05, 4.69) is 31.2 Å². The van der Waals surface area contributed by atoms with Crippen LogP contribution in [0.3, 0.4) is 0 Å². The number of thioether (sulfide) groups is 1. The Kier molecular flexibility index (Phi) is 5.15. The molecule has 134 valence electrons. The molecule has 0 saturated carbocycles. The summed E-state index contributed by atoms with van der Waals surface area (Å²) >= 11 is 6.24. The summed E-state index contributed by atoms with van der Waals surface area (Å²) < 4.78 is 0.904. The van der Waals surface area contributed by atoms with Crippen molar-refractivity contribution in [3.05, 3.63) is 49.5 Å². The third kappa shape index (κ3) is 3.72. The fourth-order valence-corrected chi connectivity index (χ4v) is 5.49. The molecule has 2 N–H and O–H groups in total. The summed E-state index contributed by atoms with van der Waals surface area (Å²) in [6.07, 6.45) is 4.30. The van der Waals surface area contributed by atoms with Crippen LogP contribution >= 0.6 is 39.0 Å². The minimum Gasteiger partial charge on any atom is -0.325 e. The van der Waals surface area contributed by atoms with Gasteiger partial charge in [0.25, 0.3) is 5.56 Å². The Labute approximate surface area is 166 Å². The molecule has 4 rings (SSSR count). The molecule has 0 fully saturated rings. The first kappa shape index (κ1) is 17.8. The summed E-state index contributed by atoms with van der Waals surface area (Å²) in [5.41, 5.74) is 1.81. The number of nitrogens with zero attached hydrogens (tertiary/aromatic N) is 1.